The van der Waals surface area contributed by atoms with Gasteiger partial charge in [-0.3, -0.25) is 25.2 Å². The minimum atomic E-state index is -0.531. The van der Waals surface area contributed by atoms with Gasteiger partial charge in [0.15, 0.2) is 5.69 Å². The number of hydrogen-bond donors (Lipinski definition) is 2. The van der Waals surface area contributed by atoms with E-state index in [1.54, 1.807) is 24.3 Å². The third kappa shape index (κ3) is 5.65. The Morgan fingerprint density at radius 3 is 2.46 bits per heavy atom. The number of carbonyl (C=O) groups excluding carboxylic acids is 2. The highest BCUT2D eigenvalue weighted by Gasteiger charge is 2.17. The Kier molecular flexibility index (Phi) is 8.17. The first-order chi connectivity index (χ1) is 13.5. The van der Waals surface area contributed by atoms with Crippen LogP contribution in [0.2, 0.25) is 0 Å². The first-order valence-electron chi connectivity index (χ1n) is 10.1. The summed E-state index contributed by atoms with van der Waals surface area (Å²) in [6, 6.07) is 6.91. The van der Waals surface area contributed by atoms with Crippen molar-refractivity contribution in [2.45, 2.75) is 65.8 Å². The van der Waals surface area contributed by atoms with E-state index in [0.29, 0.717) is 23.7 Å². The van der Waals surface area contributed by atoms with Crippen LogP contribution < -0.4 is 16.4 Å². The first-order valence-corrected chi connectivity index (χ1v) is 10.1. The maximum absolute atomic E-state index is 12.7. The Morgan fingerprint density at radius 1 is 1.07 bits per heavy atom. The van der Waals surface area contributed by atoms with Gasteiger partial charge in [0.1, 0.15) is 0 Å². The fraction of sp³-hybridized carbons (Fsp3) is 0.524. The summed E-state index contributed by atoms with van der Waals surface area (Å²) in [5.41, 5.74) is 4.82. The van der Waals surface area contributed by atoms with E-state index >= 15 is 0 Å². The molecule has 2 N–H and O–H groups in total. The van der Waals surface area contributed by atoms with Crippen LogP contribution in [0.25, 0.3) is 10.8 Å². The van der Waals surface area contributed by atoms with Gasteiger partial charge in [-0.1, -0.05) is 64.7 Å². The molecule has 1 aromatic heterocycles. The average Bonchev–Trinajstić information content (AvgIpc) is 2.68. The number of hydrazine groups is 1. The van der Waals surface area contributed by atoms with Crippen LogP contribution in [0.4, 0.5) is 0 Å². The molecule has 0 saturated carbocycles. The number of unbranched alkanes of at least 4 members (excludes halogenated alkanes) is 2. The quantitative estimate of drug-likeness (QED) is 0.511. The summed E-state index contributed by atoms with van der Waals surface area (Å²) in [4.78, 5) is 37.3. The molecule has 152 valence electrons. The third-order valence-corrected chi connectivity index (χ3v) is 4.69. The fourth-order valence-corrected chi connectivity index (χ4v) is 3.21. The summed E-state index contributed by atoms with van der Waals surface area (Å²) in [6.07, 6.45) is 5.13. The lowest BCUT2D eigenvalue weighted by molar-refractivity contribution is -0.122. The fourth-order valence-electron chi connectivity index (χ4n) is 3.21. The first kappa shape index (κ1) is 21.6. The van der Waals surface area contributed by atoms with Gasteiger partial charge in [0.2, 0.25) is 5.91 Å². The molecule has 2 amide bonds. The molecule has 7 heteroatoms. The number of amides is 2. The summed E-state index contributed by atoms with van der Waals surface area (Å²) in [5, 5.41) is 5.20. The van der Waals surface area contributed by atoms with Gasteiger partial charge in [-0.15, -0.1) is 0 Å². The molecule has 0 spiro atoms. The molecular formula is C21H30N4O3. The Balaban J connectivity index is 2.19. The van der Waals surface area contributed by atoms with Gasteiger partial charge in [0.25, 0.3) is 11.5 Å². The van der Waals surface area contributed by atoms with Gasteiger partial charge in [-0.05, 0) is 18.4 Å². The molecule has 0 aliphatic heterocycles. The van der Waals surface area contributed by atoms with Crippen molar-refractivity contribution in [2.75, 3.05) is 0 Å². The second-order valence-corrected chi connectivity index (χ2v) is 7.23. The van der Waals surface area contributed by atoms with Crippen LogP contribution in [0.1, 0.15) is 69.8 Å². The zero-order valence-electron chi connectivity index (χ0n) is 17.0. The maximum Gasteiger partial charge on any atom is 0.290 e. The van der Waals surface area contributed by atoms with Gasteiger partial charge in [-0.25, -0.2) is 4.68 Å². The predicted octanol–water partition coefficient (Wildman–Crippen LogP) is 3.17. The van der Waals surface area contributed by atoms with Crippen molar-refractivity contribution in [1.29, 1.82) is 0 Å². The number of hydrogen-bond acceptors (Lipinski definition) is 4. The van der Waals surface area contributed by atoms with Crippen LogP contribution in [0.3, 0.4) is 0 Å². The largest absolute Gasteiger partial charge is 0.290 e. The van der Waals surface area contributed by atoms with E-state index in [-0.39, 0.29) is 23.1 Å². The van der Waals surface area contributed by atoms with E-state index in [1.807, 2.05) is 6.92 Å². The lowest BCUT2D eigenvalue weighted by Gasteiger charge is -2.13. The van der Waals surface area contributed by atoms with E-state index in [2.05, 4.69) is 29.8 Å². The molecule has 1 atom stereocenters. The molecule has 0 aliphatic rings. The molecule has 1 unspecified atom stereocenters. The Morgan fingerprint density at radius 2 is 1.79 bits per heavy atom. The third-order valence-electron chi connectivity index (χ3n) is 4.69. The highest BCUT2D eigenvalue weighted by Crippen LogP contribution is 2.13. The molecule has 0 saturated heterocycles. The molecule has 1 aromatic carbocycles. The summed E-state index contributed by atoms with van der Waals surface area (Å²) < 4.78 is 1.35. The minimum absolute atomic E-state index is 0.133. The minimum Gasteiger partial charge on any atom is -0.273 e. The van der Waals surface area contributed by atoms with Gasteiger partial charge < -0.3 is 0 Å². The monoisotopic (exact) mass is 386 g/mol. The van der Waals surface area contributed by atoms with Crippen molar-refractivity contribution in [3.05, 3.63) is 40.3 Å². The molecule has 7 nitrogen and oxygen atoms in total. The number of aryl methyl sites for hydroxylation is 1. The van der Waals surface area contributed by atoms with Crippen LogP contribution in [-0.2, 0) is 11.3 Å². The van der Waals surface area contributed by atoms with Crippen LogP contribution in [0, 0.1) is 5.92 Å². The van der Waals surface area contributed by atoms with E-state index in [9.17, 15) is 14.4 Å². The normalized spacial score (nSPS) is 12.0. The van der Waals surface area contributed by atoms with Crippen molar-refractivity contribution in [2.24, 2.45) is 5.92 Å². The van der Waals surface area contributed by atoms with Gasteiger partial charge in [0, 0.05) is 18.4 Å². The summed E-state index contributed by atoms with van der Waals surface area (Å²) in [6.45, 7) is 6.62. The summed E-state index contributed by atoms with van der Waals surface area (Å²) >= 11 is 0. The van der Waals surface area contributed by atoms with E-state index < -0.39 is 5.91 Å². The molecule has 28 heavy (non-hydrogen) atoms. The van der Waals surface area contributed by atoms with Crippen molar-refractivity contribution in [3.63, 3.8) is 0 Å². The zero-order valence-corrected chi connectivity index (χ0v) is 17.0. The topological polar surface area (TPSA) is 93.1 Å². The Labute approximate surface area is 165 Å². The van der Waals surface area contributed by atoms with Crippen molar-refractivity contribution in [1.82, 2.24) is 20.6 Å². The second-order valence-electron chi connectivity index (χ2n) is 7.23. The van der Waals surface area contributed by atoms with Crippen molar-refractivity contribution >= 4 is 22.6 Å². The number of rotatable bonds is 9. The van der Waals surface area contributed by atoms with Crippen LogP contribution in [0.15, 0.2) is 29.1 Å². The number of fused-ring (bicyclic) bond motifs is 1. The smallest absolute Gasteiger partial charge is 0.273 e. The van der Waals surface area contributed by atoms with Crippen molar-refractivity contribution in [3.8, 4) is 0 Å². The molecule has 0 bridgehead atoms. The second kappa shape index (κ2) is 10.6. The van der Waals surface area contributed by atoms with Crippen LogP contribution in [0.5, 0.6) is 0 Å². The summed E-state index contributed by atoms with van der Waals surface area (Å²) in [5.74, 6) is -0.520. The highest BCUT2D eigenvalue weighted by molar-refractivity contribution is 6.05. The molecule has 0 radical (unpaired) electrons. The van der Waals surface area contributed by atoms with Crippen LogP contribution in [-0.4, -0.2) is 21.6 Å². The molecular weight excluding hydrogens is 356 g/mol. The van der Waals surface area contributed by atoms with Gasteiger partial charge >= 0.3 is 0 Å². The Bertz CT molecular complexity index is 876. The maximum atomic E-state index is 12.7. The molecule has 0 aliphatic carbocycles. The lowest BCUT2D eigenvalue weighted by atomic mass is 10.0. The average molecular weight is 386 g/mol. The number of benzene rings is 1. The summed E-state index contributed by atoms with van der Waals surface area (Å²) in [7, 11) is 0. The standard InChI is InChI=1S/C21H30N4O3/c1-4-6-9-13-25-21(28)17-12-8-7-11-16(17)19(24-25)20(27)23-22-18(26)14-15(3)10-5-2/h7-8,11-12,15H,4-6,9-10,13-14H2,1-3H3,(H,22,26)(H,23,27). The van der Waals surface area contributed by atoms with Crippen molar-refractivity contribution < 1.29 is 9.59 Å². The van der Waals surface area contributed by atoms with E-state index in [0.717, 1.165) is 32.1 Å². The Hall–Kier alpha value is -2.70. The van der Waals surface area contributed by atoms with Crippen LogP contribution >= 0.6 is 0 Å². The zero-order chi connectivity index (χ0) is 20.5. The highest BCUT2D eigenvalue weighted by atomic mass is 16.2. The molecule has 1 heterocycles. The van der Waals surface area contributed by atoms with E-state index in [4.69, 9.17) is 0 Å². The number of aromatic nitrogens is 2. The molecule has 2 aromatic rings. The number of nitrogens with zero attached hydrogens (tertiary/aromatic N) is 2. The van der Waals surface area contributed by atoms with E-state index in [1.165, 1.54) is 4.68 Å². The van der Waals surface area contributed by atoms with Gasteiger partial charge in [-0.2, -0.15) is 5.10 Å². The number of carbonyl (C=O) groups is 2. The lowest BCUT2D eigenvalue weighted by Crippen LogP contribution is -2.43. The number of nitrogens with one attached hydrogen (secondary N) is 2. The molecule has 0 fully saturated rings. The molecule has 2 rings (SSSR count). The SMILES string of the molecule is CCCCCn1nc(C(=O)NNC(=O)CC(C)CCC)c2ccccc2c1=O. The predicted molar refractivity (Wildman–Crippen MR) is 110 cm³/mol. The van der Waals surface area contributed by atoms with Gasteiger partial charge in [0.05, 0.1) is 5.39 Å².